The average Bonchev–Trinajstić information content (AvgIpc) is 2.75. The molecule has 1 aliphatic heterocycles. The molecule has 2 N–H and O–H groups in total. The number of nitrogens with zero attached hydrogens (tertiary/aromatic N) is 3. The third-order valence-corrected chi connectivity index (χ3v) is 5.35. The summed E-state index contributed by atoms with van der Waals surface area (Å²) in [5.41, 5.74) is 9.38. The zero-order valence-electron chi connectivity index (χ0n) is 16.1. The molecule has 5 nitrogen and oxygen atoms in total. The lowest BCUT2D eigenvalue weighted by Gasteiger charge is -2.33. The maximum absolute atomic E-state index is 13.3. The Kier molecular flexibility index (Phi) is 5.51. The monoisotopic (exact) mass is 390 g/mol. The van der Waals surface area contributed by atoms with Crippen LogP contribution in [0.1, 0.15) is 30.0 Å². The Morgan fingerprint density at radius 1 is 1.14 bits per heavy atom. The second-order valence-electron chi connectivity index (χ2n) is 7.38. The standard InChI is InChI=1S/C23H23FN4O/c24-19-10-8-17(9-11-19)20-14-26-23(25)27-22(20)18-7-4-12-28(15-18)21(29)13-16-5-2-1-3-6-16/h1-3,5-6,8-11,14,18H,4,7,12-13,15H2,(H2,25,26,27)/t18-/m0/s1. The van der Waals surface area contributed by atoms with Gasteiger partial charge in [0.15, 0.2) is 0 Å². The topological polar surface area (TPSA) is 72.1 Å². The summed E-state index contributed by atoms with van der Waals surface area (Å²) in [4.78, 5) is 23.4. The van der Waals surface area contributed by atoms with Crippen molar-refractivity contribution in [2.75, 3.05) is 18.8 Å². The summed E-state index contributed by atoms with van der Waals surface area (Å²) in [5.74, 6) is 0.0979. The van der Waals surface area contributed by atoms with Crippen molar-refractivity contribution in [3.8, 4) is 11.1 Å². The Morgan fingerprint density at radius 3 is 2.66 bits per heavy atom. The molecule has 4 rings (SSSR count). The van der Waals surface area contributed by atoms with E-state index in [2.05, 4.69) is 9.97 Å². The predicted molar refractivity (Wildman–Crippen MR) is 111 cm³/mol. The number of hydrogen-bond acceptors (Lipinski definition) is 4. The third kappa shape index (κ3) is 4.42. The quantitative estimate of drug-likeness (QED) is 0.735. The summed E-state index contributed by atoms with van der Waals surface area (Å²) in [7, 11) is 0. The van der Waals surface area contributed by atoms with E-state index in [-0.39, 0.29) is 23.6 Å². The van der Waals surface area contributed by atoms with E-state index >= 15 is 0 Å². The van der Waals surface area contributed by atoms with Gasteiger partial charge in [0.1, 0.15) is 5.82 Å². The fourth-order valence-corrected chi connectivity index (χ4v) is 3.88. The van der Waals surface area contributed by atoms with Gasteiger partial charge in [-0.25, -0.2) is 14.4 Å². The van der Waals surface area contributed by atoms with Gasteiger partial charge >= 0.3 is 0 Å². The van der Waals surface area contributed by atoms with Crippen LogP contribution in [0, 0.1) is 5.82 Å². The predicted octanol–water partition coefficient (Wildman–Crippen LogP) is 3.81. The van der Waals surface area contributed by atoms with Gasteiger partial charge in [-0.1, -0.05) is 42.5 Å². The molecule has 1 saturated heterocycles. The van der Waals surface area contributed by atoms with E-state index in [0.29, 0.717) is 13.0 Å². The average molecular weight is 390 g/mol. The van der Waals surface area contributed by atoms with Gasteiger partial charge in [0.2, 0.25) is 11.9 Å². The van der Waals surface area contributed by atoms with Crippen molar-refractivity contribution < 1.29 is 9.18 Å². The summed E-state index contributed by atoms with van der Waals surface area (Å²) >= 11 is 0. The van der Waals surface area contributed by atoms with Crippen molar-refractivity contribution in [3.05, 3.63) is 77.9 Å². The van der Waals surface area contributed by atoms with Gasteiger partial charge in [-0.15, -0.1) is 0 Å². The van der Waals surface area contributed by atoms with Gasteiger partial charge in [0.05, 0.1) is 12.1 Å². The highest BCUT2D eigenvalue weighted by Gasteiger charge is 2.28. The van der Waals surface area contributed by atoms with E-state index in [9.17, 15) is 9.18 Å². The molecular formula is C23H23FN4O. The summed E-state index contributed by atoms with van der Waals surface area (Å²) < 4.78 is 13.3. The molecular weight excluding hydrogens is 367 g/mol. The maximum atomic E-state index is 13.3. The number of nitrogen functional groups attached to an aromatic ring is 1. The van der Waals surface area contributed by atoms with Crippen LogP contribution in [0.2, 0.25) is 0 Å². The van der Waals surface area contributed by atoms with Gasteiger partial charge in [-0.05, 0) is 36.1 Å². The number of likely N-dealkylation sites (tertiary alicyclic amines) is 1. The normalized spacial score (nSPS) is 16.6. The molecule has 1 fully saturated rings. The molecule has 1 aromatic heterocycles. The van der Waals surface area contributed by atoms with Gasteiger partial charge in [0.25, 0.3) is 0 Å². The van der Waals surface area contributed by atoms with Crippen LogP contribution in [0.3, 0.4) is 0 Å². The van der Waals surface area contributed by atoms with Crippen LogP contribution >= 0.6 is 0 Å². The second kappa shape index (κ2) is 8.39. The molecule has 6 heteroatoms. The number of nitrogens with two attached hydrogens (primary N) is 1. The van der Waals surface area contributed by atoms with Crippen LogP contribution in [0.5, 0.6) is 0 Å². The fraction of sp³-hybridized carbons (Fsp3) is 0.261. The van der Waals surface area contributed by atoms with Crippen molar-refractivity contribution in [1.29, 1.82) is 0 Å². The van der Waals surface area contributed by atoms with Gasteiger partial charge < -0.3 is 10.6 Å². The Hall–Kier alpha value is -3.28. The number of carbonyl (C=O) groups is 1. The largest absolute Gasteiger partial charge is 0.368 e. The molecule has 2 aromatic carbocycles. The van der Waals surface area contributed by atoms with Gasteiger partial charge in [0, 0.05) is 30.8 Å². The van der Waals surface area contributed by atoms with Crippen LogP contribution < -0.4 is 5.73 Å². The molecule has 0 spiro atoms. The number of carbonyl (C=O) groups excluding carboxylic acids is 1. The minimum absolute atomic E-state index is 0.0637. The van der Waals surface area contributed by atoms with E-state index < -0.39 is 0 Å². The van der Waals surface area contributed by atoms with Crippen molar-refractivity contribution in [2.24, 2.45) is 0 Å². The number of piperidine rings is 1. The highest BCUT2D eigenvalue weighted by atomic mass is 19.1. The molecule has 29 heavy (non-hydrogen) atoms. The minimum Gasteiger partial charge on any atom is -0.368 e. The minimum atomic E-state index is -0.290. The zero-order valence-corrected chi connectivity index (χ0v) is 16.1. The number of amides is 1. The molecule has 1 atom stereocenters. The van der Waals surface area contributed by atoms with Crippen LogP contribution in [-0.2, 0) is 11.2 Å². The first-order valence-corrected chi connectivity index (χ1v) is 9.80. The molecule has 0 unspecified atom stereocenters. The van der Waals surface area contributed by atoms with Gasteiger partial charge in [-0.2, -0.15) is 0 Å². The molecule has 3 aromatic rings. The summed E-state index contributed by atoms with van der Waals surface area (Å²) in [6.45, 7) is 1.34. The molecule has 0 radical (unpaired) electrons. The Balaban J connectivity index is 1.57. The van der Waals surface area contributed by atoms with Gasteiger partial charge in [-0.3, -0.25) is 4.79 Å². The SMILES string of the molecule is Nc1ncc(-c2ccc(F)cc2)c([C@H]2CCCN(C(=O)Cc3ccccc3)C2)n1. The first-order valence-electron chi connectivity index (χ1n) is 9.80. The van der Waals surface area contributed by atoms with Crippen LogP contribution in [0.25, 0.3) is 11.1 Å². The van der Waals surface area contributed by atoms with E-state index in [0.717, 1.165) is 41.8 Å². The summed E-state index contributed by atoms with van der Waals surface area (Å²) in [6, 6.07) is 16.1. The van der Waals surface area contributed by atoms with Crippen molar-refractivity contribution >= 4 is 11.9 Å². The molecule has 1 amide bonds. The fourth-order valence-electron chi connectivity index (χ4n) is 3.88. The lowest BCUT2D eigenvalue weighted by Crippen LogP contribution is -2.40. The number of halogens is 1. The van der Waals surface area contributed by atoms with Crippen molar-refractivity contribution in [2.45, 2.75) is 25.2 Å². The number of rotatable bonds is 4. The lowest BCUT2D eigenvalue weighted by molar-refractivity contribution is -0.131. The molecule has 0 saturated carbocycles. The van der Waals surface area contributed by atoms with Crippen molar-refractivity contribution in [1.82, 2.24) is 14.9 Å². The first kappa shape index (κ1) is 19.1. The van der Waals surface area contributed by atoms with Crippen LogP contribution in [-0.4, -0.2) is 33.9 Å². The maximum Gasteiger partial charge on any atom is 0.227 e. The molecule has 0 aliphatic carbocycles. The molecule has 2 heterocycles. The van der Waals surface area contributed by atoms with E-state index in [1.165, 1.54) is 12.1 Å². The number of hydrogen-bond donors (Lipinski definition) is 1. The van der Waals surface area contributed by atoms with Crippen molar-refractivity contribution in [3.63, 3.8) is 0 Å². The first-order chi connectivity index (χ1) is 14.1. The van der Waals surface area contributed by atoms with Crippen LogP contribution in [0.4, 0.5) is 10.3 Å². The highest BCUT2D eigenvalue weighted by molar-refractivity contribution is 5.79. The number of aromatic nitrogens is 2. The molecule has 148 valence electrons. The van der Waals surface area contributed by atoms with E-state index in [4.69, 9.17) is 5.73 Å². The smallest absolute Gasteiger partial charge is 0.227 e. The molecule has 0 bridgehead atoms. The molecule has 1 aliphatic rings. The zero-order chi connectivity index (χ0) is 20.2. The van der Waals surface area contributed by atoms with E-state index in [1.807, 2.05) is 35.2 Å². The lowest BCUT2D eigenvalue weighted by atomic mass is 9.89. The number of benzene rings is 2. The van der Waals surface area contributed by atoms with E-state index in [1.54, 1.807) is 18.3 Å². The summed E-state index contributed by atoms with van der Waals surface area (Å²) in [5, 5.41) is 0. The summed E-state index contributed by atoms with van der Waals surface area (Å²) in [6.07, 6.45) is 3.90. The number of anilines is 1. The second-order valence-corrected chi connectivity index (χ2v) is 7.38. The Labute approximate surface area is 169 Å². The Bertz CT molecular complexity index is 992. The Morgan fingerprint density at radius 2 is 1.90 bits per heavy atom. The highest BCUT2D eigenvalue weighted by Crippen LogP contribution is 2.33. The third-order valence-electron chi connectivity index (χ3n) is 5.35. The van der Waals surface area contributed by atoms with Crippen LogP contribution in [0.15, 0.2) is 60.8 Å².